The van der Waals surface area contributed by atoms with Gasteiger partial charge in [0.15, 0.2) is 0 Å². The molecular weight excluding hydrogens is 1800 g/mol. The number of halogens is 3. The number of para-hydroxylation sites is 4. The minimum atomic E-state index is -0.0521. The molecule has 2 aliphatic carbocycles. The first kappa shape index (κ1) is 95.5. The minimum Gasteiger partial charge on any atom is -0.356 e. The van der Waals surface area contributed by atoms with Crippen molar-refractivity contribution in [2.45, 2.75) is 225 Å². The maximum absolute atomic E-state index is 3.65. The van der Waals surface area contributed by atoms with Crippen LogP contribution in [0, 0.1) is 6.92 Å². The van der Waals surface area contributed by atoms with Crippen LogP contribution in [0.25, 0.3) is 66.8 Å². The Morgan fingerprint density at radius 3 is 0.667 bits per heavy atom. The van der Waals surface area contributed by atoms with Gasteiger partial charge in [-0.05, 0) is 304 Å². The van der Waals surface area contributed by atoms with Crippen LogP contribution >= 0.6 is 47.8 Å². The van der Waals surface area contributed by atoms with Crippen LogP contribution in [0.5, 0.6) is 0 Å². The summed E-state index contributed by atoms with van der Waals surface area (Å²) < 4.78 is 3.29. The lowest BCUT2D eigenvalue weighted by molar-refractivity contribution is 0.398. The van der Waals surface area contributed by atoms with Gasteiger partial charge in [0.1, 0.15) is 0 Å². The molecule has 2 N–H and O–H groups in total. The second kappa shape index (κ2) is 48.6. The van der Waals surface area contributed by atoms with E-state index in [1.165, 1.54) is 263 Å². The molecule has 0 spiro atoms. The molecule has 15 aromatic rings. The molecule has 0 saturated carbocycles. The second-order valence-electron chi connectivity index (χ2n) is 36.6. The summed E-state index contributed by atoms with van der Waals surface area (Å²) in [6.07, 6.45) is 36.2. The van der Waals surface area contributed by atoms with Crippen LogP contribution in [0.4, 0.5) is 56.9 Å². The average Bonchev–Trinajstić information content (AvgIpc) is 1.56. The Morgan fingerprint density at radius 1 is 0.205 bits per heavy atom. The number of fused-ring (bicyclic) bond motifs is 6. The lowest BCUT2D eigenvalue weighted by Gasteiger charge is -2.33. The Bertz CT molecular complexity index is 5650. The molecule has 674 valence electrons. The van der Waals surface area contributed by atoms with E-state index in [2.05, 4.69) is 455 Å². The number of benzene rings is 15. The normalized spacial score (nSPS) is 12.3. The molecule has 0 radical (unpaired) electrons. The quantitative estimate of drug-likeness (QED) is 0.0373. The lowest BCUT2D eigenvalue weighted by atomic mass is 9.70. The summed E-state index contributed by atoms with van der Waals surface area (Å²) in [6, 6.07) is 134. The van der Waals surface area contributed by atoms with Crippen LogP contribution in [0.1, 0.15) is 235 Å². The van der Waals surface area contributed by atoms with Gasteiger partial charge < -0.3 is 20.4 Å². The van der Waals surface area contributed by atoms with Gasteiger partial charge in [-0.2, -0.15) is 0 Å². The van der Waals surface area contributed by atoms with Crippen LogP contribution < -0.4 is 20.4 Å². The Kier molecular flexibility index (Phi) is 35.1. The third-order valence-electron chi connectivity index (χ3n) is 27.2. The molecule has 0 atom stereocenters. The maximum Gasteiger partial charge on any atom is 0.0462 e. The van der Waals surface area contributed by atoms with Crippen LogP contribution in [0.3, 0.4) is 0 Å². The van der Waals surface area contributed by atoms with E-state index in [1.54, 1.807) is 11.1 Å². The highest BCUT2D eigenvalue weighted by Gasteiger charge is 2.45. The van der Waals surface area contributed by atoms with Crippen molar-refractivity contribution < 1.29 is 0 Å². The number of aryl methyl sites for hydroxylation is 1. The molecule has 0 aliphatic heterocycles. The molecule has 7 heteroatoms. The van der Waals surface area contributed by atoms with E-state index in [9.17, 15) is 0 Å². The Hall–Kier alpha value is -11.1. The standard InChI is InChI=1S/C65H66Br2N2.C53H60N2.C7H7Br/c1-3-5-7-9-11-19-45-65(46-20-12-10-8-6-4-2)63-47-51(49-25-35-57(36-26-49)68(55-21-15-13-16-22-55)59-39-31-53(66)32-40-59)29-43-61(63)62-44-30-52(48-64(62)65)50-27-37-58(38-28-50)69(56-23-17-14-18-24-56)60-41-33-54(67)34-42-60;1-3-5-7-9-11-19-37-53(38-20-12-10-8-6-4-2)51-39-43(41-25-31-47(32-26-41)54-45-21-15-13-16-22-45)29-35-49(51)50-36-30-44(40-52(50)53)42-27-33-48(34-28-42)55-46-23-17-14-18-24-46;1-6-2-4-7(8)5-3-6/h13-18,21-44,47-48H,3-12,19-20,45-46H2,1-2H3;13-18,21-36,39-40,54-55H,3-12,19-20,37-38H2,1-2H3;2-5H,1H3. The van der Waals surface area contributed by atoms with Gasteiger partial charge in [0.25, 0.3) is 0 Å². The van der Waals surface area contributed by atoms with E-state index in [1.807, 2.05) is 12.1 Å². The Balaban J connectivity index is 0.000000190. The Morgan fingerprint density at radius 2 is 0.409 bits per heavy atom. The lowest BCUT2D eigenvalue weighted by Crippen LogP contribution is -2.25. The van der Waals surface area contributed by atoms with Crippen molar-refractivity contribution in [3.63, 3.8) is 0 Å². The van der Waals surface area contributed by atoms with Gasteiger partial charge in [-0.1, -0.05) is 417 Å². The first-order valence-electron chi connectivity index (χ1n) is 49.5. The van der Waals surface area contributed by atoms with Crippen molar-refractivity contribution in [3.05, 3.63) is 405 Å². The molecule has 0 aromatic heterocycles. The monoisotopic (exact) mass is 1930 g/mol. The van der Waals surface area contributed by atoms with Gasteiger partial charge >= 0.3 is 0 Å². The smallest absolute Gasteiger partial charge is 0.0462 e. The topological polar surface area (TPSA) is 30.5 Å². The minimum absolute atomic E-state index is 0.00973. The highest BCUT2D eigenvalue weighted by Crippen LogP contribution is 2.58. The van der Waals surface area contributed by atoms with Crippen molar-refractivity contribution in [2.24, 2.45) is 0 Å². The summed E-state index contributed by atoms with van der Waals surface area (Å²) in [4.78, 5) is 4.68. The largest absolute Gasteiger partial charge is 0.356 e. The molecule has 15 aromatic carbocycles. The zero-order valence-electron chi connectivity index (χ0n) is 78.5. The molecule has 132 heavy (non-hydrogen) atoms. The van der Waals surface area contributed by atoms with Crippen molar-refractivity contribution in [1.29, 1.82) is 0 Å². The van der Waals surface area contributed by atoms with E-state index < -0.39 is 0 Å². The van der Waals surface area contributed by atoms with E-state index in [0.717, 1.165) is 70.3 Å². The van der Waals surface area contributed by atoms with E-state index in [0.29, 0.717) is 0 Å². The molecule has 0 unspecified atom stereocenters. The number of unbranched alkanes of at least 4 members (excludes halogenated alkanes) is 20. The third-order valence-corrected chi connectivity index (χ3v) is 28.8. The summed E-state index contributed by atoms with van der Waals surface area (Å²) in [6.45, 7) is 11.4. The van der Waals surface area contributed by atoms with Gasteiger partial charge in [0.05, 0.1) is 0 Å². The van der Waals surface area contributed by atoms with E-state index >= 15 is 0 Å². The fraction of sp³-hybridized carbons (Fsp3) is 0.280. The number of rotatable bonds is 42. The number of anilines is 10. The maximum atomic E-state index is 3.65. The fourth-order valence-electron chi connectivity index (χ4n) is 20.1. The highest BCUT2D eigenvalue weighted by molar-refractivity contribution is 9.11. The third kappa shape index (κ3) is 24.7. The molecule has 0 heterocycles. The molecule has 17 rings (SSSR count). The van der Waals surface area contributed by atoms with Gasteiger partial charge in [-0.3, -0.25) is 0 Å². The first-order valence-corrected chi connectivity index (χ1v) is 51.9. The molecule has 0 fully saturated rings. The molecule has 0 amide bonds. The summed E-state index contributed by atoms with van der Waals surface area (Å²) >= 11 is 10.6. The van der Waals surface area contributed by atoms with Crippen molar-refractivity contribution in [3.8, 4) is 66.8 Å². The van der Waals surface area contributed by atoms with Gasteiger partial charge in [-0.15, -0.1) is 0 Å². The molecular formula is C125H133Br3N4. The van der Waals surface area contributed by atoms with E-state index in [-0.39, 0.29) is 10.8 Å². The summed E-state index contributed by atoms with van der Waals surface area (Å²) in [7, 11) is 0. The van der Waals surface area contributed by atoms with Crippen molar-refractivity contribution in [1.82, 2.24) is 0 Å². The van der Waals surface area contributed by atoms with Gasteiger partial charge in [0, 0.05) is 81.1 Å². The van der Waals surface area contributed by atoms with Crippen LogP contribution in [0.15, 0.2) is 377 Å². The molecule has 2 aliphatic rings. The summed E-state index contributed by atoms with van der Waals surface area (Å²) in [5.74, 6) is 0. The van der Waals surface area contributed by atoms with Gasteiger partial charge in [-0.25, -0.2) is 0 Å². The summed E-state index contributed by atoms with van der Waals surface area (Å²) in [5.41, 5.74) is 34.7. The van der Waals surface area contributed by atoms with Gasteiger partial charge in [0.2, 0.25) is 0 Å². The van der Waals surface area contributed by atoms with Crippen molar-refractivity contribution >= 4 is 105 Å². The number of hydrogen-bond donors (Lipinski definition) is 2. The number of nitrogens with zero attached hydrogens (tertiary/aromatic N) is 2. The number of hydrogen-bond acceptors (Lipinski definition) is 4. The summed E-state index contributed by atoms with van der Waals surface area (Å²) in [5, 5.41) is 7.12. The molecule has 0 saturated heterocycles. The molecule has 4 nitrogen and oxygen atoms in total. The zero-order chi connectivity index (χ0) is 91.1. The van der Waals surface area contributed by atoms with Crippen LogP contribution in [-0.4, -0.2) is 0 Å². The molecule has 0 bridgehead atoms. The van der Waals surface area contributed by atoms with Crippen LogP contribution in [0.2, 0.25) is 0 Å². The zero-order valence-corrected chi connectivity index (χ0v) is 83.2. The van der Waals surface area contributed by atoms with Crippen LogP contribution in [-0.2, 0) is 10.8 Å². The second-order valence-corrected chi connectivity index (χ2v) is 39.3. The average molecular weight is 1930 g/mol. The number of nitrogens with one attached hydrogen (secondary N) is 2. The SMILES string of the molecule is CCCCCCCCC1(CCCCCCCC)c2cc(-c3ccc(N(c4ccccc4)c4ccc(Br)cc4)cc3)ccc2-c2ccc(-c3ccc(N(c4ccccc4)c4ccc(Br)cc4)cc3)cc21.CCCCCCCCC1(CCCCCCCC)c2cc(-c3ccc(Nc4ccccc4)cc3)ccc2-c2ccc(-c3ccc(Nc4ccccc4)cc3)cc21.Cc1ccc(Br)cc1. The Labute approximate surface area is 815 Å². The van der Waals surface area contributed by atoms with E-state index in [4.69, 9.17) is 0 Å². The fourth-order valence-corrected chi connectivity index (χ4v) is 20.9. The van der Waals surface area contributed by atoms with Crippen molar-refractivity contribution in [2.75, 3.05) is 20.4 Å². The highest BCUT2D eigenvalue weighted by atomic mass is 79.9. The predicted molar refractivity (Wildman–Crippen MR) is 582 cm³/mol. The predicted octanol–water partition coefficient (Wildman–Crippen LogP) is 40.3. The first-order chi connectivity index (χ1) is 64.9.